The maximum Gasteiger partial charge on any atom is 0.253 e. The first kappa shape index (κ1) is 15.2. The Labute approximate surface area is 134 Å². The number of hydrogen-bond acceptors (Lipinski definition) is 4. The monoisotopic (exact) mass is 332 g/mol. The summed E-state index contributed by atoms with van der Waals surface area (Å²) >= 11 is 1.06. The maximum absolute atomic E-state index is 13.6. The molecule has 5 nitrogen and oxygen atoms in total. The highest BCUT2D eigenvalue weighted by atomic mass is 32.2. The van der Waals surface area contributed by atoms with Crippen molar-refractivity contribution in [3.8, 4) is 5.88 Å². The summed E-state index contributed by atoms with van der Waals surface area (Å²) in [5.41, 5.74) is 1.40. The topological polar surface area (TPSA) is 54.8 Å². The lowest BCUT2D eigenvalue weighted by Gasteiger charge is -2.05. The van der Waals surface area contributed by atoms with E-state index in [-0.39, 0.29) is 27.9 Å². The van der Waals surface area contributed by atoms with Gasteiger partial charge < -0.3 is 5.11 Å². The van der Waals surface area contributed by atoms with Crippen LogP contribution in [0, 0.1) is 25.1 Å². The molecule has 0 saturated heterocycles. The van der Waals surface area contributed by atoms with Gasteiger partial charge in [-0.2, -0.15) is 9.61 Å². The third-order valence-corrected chi connectivity index (χ3v) is 4.24. The SMILES string of the molecule is [C-]#[N+]c1c(C)nn2c(O)cc(CSc3cccc(F)c3F)nc12. The third-order valence-electron chi connectivity index (χ3n) is 3.17. The van der Waals surface area contributed by atoms with Gasteiger partial charge in [-0.1, -0.05) is 6.07 Å². The molecule has 0 unspecified atom stereocenters. The number of benzene rings is 1. The van der Waals surface area contributed by atoms with Crippen LogP contribution in [-0.2, 0) is 5.75 Å². The van der Waals surface area contributed by atoms with E-state index in [1.165, 1.54) is 22.7 Å². The van der Waals surface area contributed by atoms with Gasteiger partial charge in [0.05, 0.1) is 18.0 Å². The Morgan fingerprint density at radius 2 is 2.17 bits per heavy atom. The Balaban J connectivity index is 1.95. The van der Waals surface area contributed by atoms with Gasteiger partial charge in [0.1, 0.15) is 0 Å². The first-order valence-electron chi connectivity index (χ1n) is 6.53. The Morgan fingerprint density at radius 1 is 1.39 bits per heavy atom. The average molecular weight is 332 g/mol. The van der Waals surface area contributed by atoms with E-state index in [4.69, 9.17) is 6.57 Å². The first-order chi connectivity index (χ1) is 11.0. The first-order valence-corrected chi connectivity index (χ1v) is 7.52. The number of aromatic nitrogens is 3. The van der Waals surface area contributed by atoms with Crippen molar-refractivity contribution < 1.29 is 13.9 Å². The molecule has 0 bridgehead atoms. The highest BCUT2D eigenvalue weighted by Gasteiger charge is 2.15. The van der Waals surface area contributed by atoms with Gasteiger partial charge in [0.25, 0.3) is 5.69 Å². The molecule has 0 aliphatic rings. The van der Waals surface area contributed by atoms with E-state index in [1.54, 1.807) is 6.92 Å². The summed E-state index contributed by atoms with van der Waals surface area (Å²) < 4.78 is 28.0. The van der Waals surface area contributed by atoms with Gasteiger partial charge in [-0.15, -0.1) is 11.8 Å². The number of fused-ring (bicyclic) bond motifs is 1. The number of aryl methyl sites for hydroxylation is 1. The molecule has 0 aliphatic carbocycles. The number of halogens is 2. The summed E-state index contributed by atoms with van der Waals surface area (Å²) in [6.45, 7) is 8.82. The van der Waals surface area contributed by atoms with Gasteiger partial charge in [0, 0.05) is 16.7 Å². The van der Waals surface area contributed by atoms with Crippen molar-refractivity contribution in [3.05, 3.63) is 58.7 Å². The molecule has 1 N–H and O–H groups in total. The predicted molar refractivity (Wildman–Crippen MR) is 81.6 cm³/mol. The van der Waals surface area contributed by atoms with Gasteiger partial charge >= 0.3 is 0 Å². The molecule has 0 radical (unpaired) electrons. The van der Waals surface area contributed by atoms with Crippen molar-refractivity contribution >= 4 is 23.1 Å². The quantitative estimate of drug-likeness (QED) is 0.584. The van der Waals surface area contributed by atoms with Crippen LogP contribution in [0.1, 0.15) is 11.4 Å². The van der Waals surface area contributed by atoms with Gasteiger partial charge in [0.15, 0.2) is 17.3 Å². The minimum absolute atomic E-state index is 0.154. The molecule has 0 spiro atoms. The van der Waals surface area contributed by atoms with Crippen LogP contribution in [0.3, 0.4) is 0 Å². The summed E-state index contributed by atoms with van der Waals surface area (Å²) in [6, 6.07) is 5.32. The number of hydrogen-bond donors (Lipinski definition) is 1. The Morgan fingerprint density at radius 3 is 2.91 bits per heavy atom. The van der Waals surface area contributed by atoms with Gasteiger partial charge in [-0.05, 0) is 19.1 Å². The standard InChI is InChI=1S/C15H10F2N4OS/c1-8-14(18-2)15-19-9(6-12(22)21(15)20-8)7-23-11-5-3-4-10(16)13(11)17/h3-6,22H,7H2,1H3. The number of rotatable bonds is 3. The van der Waals surface area contributed by atoms with Crippen molar-refractivity contribution in [2.75, 3.05) is 0 Å². The zero-order valence-corrected chi connectivity index (χ0v) is 12.7. The maximum atomic E-state index is 13.6. The van der Waals surface area contributed by atoms with Gasteiger partial charge in [0.2, 0.25) is 5.88 Å². The van der Waals surface area contributed by atoms with Crippen LogP contribution >= 0.6 is 11.8 Å². The lowest BCUT2D eigenvalue weighted by molar-refractivity contribution is 0.434. The fourth-order valence-corrected chi connectivity index (χ4v) is 2.95. The molecule has 0 fully saturated rings. The van der Waals surface area contributed by atoms with Crippen molar-refractivity contribution in [2.45, 2.75) is 17.6 Å². The van der Waals surface area contributed by atoms with Gasteiger partial charge in [-0.25, -0.2) is 18.6 Å². The zero-order chi connectivity index (χ0) is 16.6. The van der Waals surface area contributed by atoms with Crippen LogP contribution in [-0.4, -0.2) is 19.7 Å². The highest BCUT2D eigenvalue weighted by molar-refractivity contribution is 7.98. The van der Waals surface area contributed by atoms with Crippen molar-refractivity contribution in [2.24, 2.45) is 0 Å². The average Bonchev–Trinajstić information content (AvgIpc) is 2.85. The molecule has 1 aromatic carbocycles. The zero-order valence-electron chi connectivity index (χ0n) is 11.9. The van der Waals surface area contributed by atoms with Crippen LogP contribution < -0.4 is 0 Å². The summed E-state index contributed by atoms with van der Waals surface area (Å²) in [5.74, 6) is -1.78. The van der Waals surface area contributed by atoms with Crippen LogP contribution in [0.25, 0.3) is 10.5 Å². The molecule has 2 heterocycles. The lowest BCUT2D eigenvalue weighted by Crippen LogP contribution is -1.96. The van der Waals surface area contributed by atoms with E-state index < -0.39 is 11.6 Å². The summed E-state index contributed by atoms with van der Waals surface area (Å²) in [4.78, 5) is 7.80. The molecule has 0 saturated carbocycles. The van der Waals surface area contributed by atoms with E-state index in [2.05, 4.69) is 14.9 Å². The number of thioether (sulfide) groups is 1. The van der Waals surface area contributed by atoms with Gasteiger partial charge in [-0.3, -0.25) is 0 Å². The fourth-order valence-electron chi connectivity index (χ4n) is 2.10. The summed E-state index contributed by atoms with van der Waals surface area (Å²) in [5, 5.41) is 14.0. The van der Waals surface area contributed by atoms with E-state index in [1.807, 2.05) is 0 Å². The van der Waals surface area contributed by atoms with E-state index in [0.717, 1.165) is 17.8 Å². The fraction of sp³-hybridized carbons (Fsp3) is 0.133. The van der Waals surface area contributed by atoms with Crippen LogP contribution in [0.4, 0.5) is 14.5 Å². The molecular weight excluding hydrogens is 322 g/mol. The second kappa shape index (κ2) is 5.85. The number of aromatic hydroxyl groups is 1. The lowest BCUT2D eigenvalue weighted by atomic mass is 10.3. The smallest absolute Gasteiger partial charge is 0.253 e. The highest BCUT2D eigenvalue weighted by Crippen LogP contribution is 2.30. The minimum Gasteiger partial charge on any atom is -0.493 e. The molecule has 0 aliphatic heterocycles. The second-order valence-corrected chi connectivity index (χ2v) is 5.74. The Kier molecular flexibility index (Phi) is 3.88. The van der Waals surface area contributed by atoms with Crippen LogP contribution in [0.5, 0.6) is 5.88 Å². The van der Waals surface area contributed by atoms with Crippen molar-refractivity contribution in [3.63, 3.8) is 0 Å². The molecule has 0 atom stereocenters. The molecular formula is C15H10F2N4OS. The number of nitrogens with zero attached hydrogens (tertiary/aromatic N) is 4. The minimum atomic E-state index is -0.914. The predicted octanol–water partition coefficient (Wildman–Crippen LogP) is 3.86. The molecule has 116 valence electrons. The van der Waals surface area contributed by atoms with Crippen LogP contribution in [0.15, 0.2) is 29.2 Å². The van der Waals surface area contributed by atoms with E-state index >= 15 is 0 Å². The molecule has 0 amide bonds. The Bertz CT molecular complexity index is 949. The Hall–Kier alpha value is -2.66. The summed E-state index contributed by atoms with van der Waals surface area (Å²) in [6.07, 6.45) is 0. The normalized spacial score (nSPS) is 10.9. The third kappa shape index (κ3) is 2.71. The largest absolute Gasteiger partial charge is 0.493 e. The van der Waals surface area contributed by atoms with Crippen molar-refractivity contribution in [1.29, 1.82) is 0 Å². The van der Waals surface area contributed by atoms with E-state index in [0.29, 0.717) is 11.4 Å². The second-order valence-electron chi connectivity index (χ2n) is 4.73. The molecule has 3 rings (SSSR count). The van der Waals surface area contributed by atoms with Crippen molar-refractivity contribution in [1.82, 2.24) is 14.6 Å². The summed E-state index contributed by atoms with van der Waals surface area (Å²) in [7, 11) is 0. The molecule has 23 heavy (non-hydrogen) atoms. The molecule has 3 aromatic rings. The molecule has 2 aromatic heterocycles. The van der Waals surface area contributed by atoms with E-state index in [9.17, 15) is 13.9 Å². The van der Waals surface area contributed by atoms with Crippen LogP contribution in [0.2, 0.25) is 0 Å². The molecule has 8 heteroatoms.